The molecule has 0 fully saturated rings. The van der Waals surface area contributed by atoms with Crippen LogP contribution in [0, 0.1) is 5.92 Å². The minimum absolute atomic E-state index is 0.0377. The average Bonchev–Trinajstić information content (AvgIpc) is 2.84. The van der Waals surface area contributed by atoms with Gasteiger partial charge in [0.15, 0.2) is 5.82 Å². The molecule has 0 spiro atoms. The van der Waals surface area contributed by atoms with E-state index in [2.05, 4.69) is 29.3 Å². The highest BCUT2D eigenvalue weighted by atomic mass is 16.5. The van der Waals surface area contributed by atoms with Crippen LogP contribution in [0.2, 0.25) is 0 Å². The van der Waals surface area contributed by atoms with E-state index in [1.165, 1.54) is 6.92 Å². The largest absolute Gasteiger partial charge is 0.352 e. The molecule has 1 heterocycles. The number of benzene rings is 1. The second-order valence-corrected chi connectivity index (χ2v) is 5.22. The molecular weight excluding hydrogens is 254 g/mol. The number of hydrogen-bond acceptors (Lipinski definition) is 4. The van der Waals surface area contributed by atoms with Gasteiger partial charge in [-0.2, -0.15) is 4.98 Å². The van der Waals surface area contributed by atoms with Crippen molar-refractivity contribution in [2.75, 3.05) is 0 Å². The van der Waals surface area contributed by atoms with Gasteiger partial charge in [0.25, 0.3) is 5.89 Å². The number of amides is 1. The van der Waals surface area contributed by atoms with Gasteiger partial charge in [-0.25, -0.2) is 0 Å². The Bertz CT molecular complexity index is 573. The van der Waals surface area contributed by atoms with Gasteiger partial charge in [-0.3, -0.25) is 4.79 Å². The number of aromatic nitrogens is 2. The second kappa shape index (κ2) is 6.32. The van der Waals surface area contributed by atoms with Crippen molar-refractivity contribution in [2.24, 2.45) is 5.92 Å². The Morgan fingerprint density at radius 3 is 2.60 bits per heavy atom. The molecule has 0 radical (unpaired) electrons. The van der Waals surface area contributed by atoms with Gasteiger partial charge in [-0.05, 0) is 23.6 Å². The molecule has 1 aromatic carbocycles. The van der Waals surface area contributed by atoms with Gasteiger partial charge in [0.05, 0.1) is 0 Å². The fourth-order valence-electron chi connectivity index (χ4n) is 1.81. The lowest BCUT2D eigenvalue weighted by molar-refractivity contribution is -0.119. The Morgan fingerprint density at radius 2 is 2.00 bits per heavy atom. The van der Waals surface area contributed by atoms with Gasteiger partial charge in [0, 0.05) is 25.5 Å². The summed E-state index contributed by atoms with van der Waals surface area (Å²) in [5.41, 5.74) is 1.92. The molecular formula is C15H19N3O2. The van der Waals surface area contributed by atoms with E-state index < -0.39 is 0 Å². The fourth-order valence-corrected chi connectivity index (χ4v) is 1.81. The molecule has 0 unspecified atom stereocenters. The van der Waals surface area contributed by atoms with Crippen molar-refractivity contribution in [3.63, 3.8) is 0 Å². The SMILES string of the molecule is CC(=O)NCc1ccc(-c2nc(CC(C)C)no2)cc1. The predicted octanol–water partition coefficient (Wildman–Crippen LogP) is 2.57. The zero-order valence-electron chi connectivity index (χ0n) is 12.0. The molecule has 0 bridgehead atoms. The molecule has 2 rings (SSSR count). The molecule has 20 heavy (non-hydrogen) atoms. The maximum Gasteiger partial charge on any atom is 0.257 e. The van der Waals surface area contributed by atoms with E-state index in [4.69, 9.17) is 4.52 Å². The summed E-state index contributed by atoms with van der Waals surface area (Å²) < 4.78 is 5.26. The first-order valence-electron chi connectivity index (χ1n) is 6.71. The summed E-state index contributed by atoms with van der Waals surface area (Å²) in [6.45, 7) is 6.26. The molecule has 2 aromatic rings. The summed E-state index contributed by atoms with van der Waals surface area (Å²) in [4.78, 5) is 15.2. The summed E-state index contributed by atoms with van der Waals surface area (Å²) in [6.07, 6.45) is 0.810. The molecule has 1 aromatic heterocycles. The predicted molar refractivity (Wildman–Crippen MR) is 75.8 cm³/mol. The quantitative estimate of drug-likeness (QED) is 0.909. The molecule has 0 aliphatic heterocycles. The van der Waals surface area contributed by atoms with E-state index in [0.29, 0.717) is 18.4 Å². The Labute approximate surface area is 118 Å². The average molecular weight is 273 g/mol. The van der Waals surface area contributed by atoms with Crippen LogP contribution in [0.3, 0.4) is 0 Å². The molecule has 0 aliphatic rings. The van der Waals surface area contributed by atoms with E-state index >= 15 is 0 Å². The molecule has 5 heteroatoms. The monoisotopic (exact) mass is 273 g/mol. The number of nitrogens with one attached hydrogen (secondary N) is 1. The third-order valence-corrected chi connectivity index (χ3v) is 2.80. The van der Waals surface area contributed by atoms with Crippen LogP contribution in [0.1, 0.15) is 32.2 Å². The first-order chi connectivity index (χ1) is 9.54. The van der Waals surface area contributed by atoms with Crippen molar-refractivity contribution < 1.29 is 9.32 Å². The lowest BCUT2D eigenvalue weighted by Gasteiger charge is -2.02. The minimum Gasteiger partial charge on any atom is -0.352 e. The summed E-state index contributed by atoms with van der Waals surface area (Å²) in [5.74, 6) is 1.73. The van der Waals surface area contributed by atoms with Crippen LogP contribution in [0.25, 0.3) is 11.5 Å². The summed E-state index contributed by atoms with van der Waals surface area (Å²) in [5, 5.41) is 6.73. The zero-order valence-corrected chi connectivity index (χ0v) is 12.0. The number of carbonyl (C=O) groups excluding carboxylic acids is 1. The van der Waals surface area contributed by atoms with E-state index in [1.807, 2.05) is 24.3 Å². The van der Waals surface area contributed by atoms with Crippen molar-refractivity contribution in [3.05, 3.63) is 35.7 Å². The van der Waals surface area contributed by atoms with Gasteiger partial charge < -0.3 is 9.84 Å². The lowest BCUT2D eigenvalue weighted by Crippen LogP contribution is -2.18. The molecule has 0 aliphatic carbocycles. The molecule has 0 saturated heterocycles. The zero-order chi connectivity index (χ0) is 14.5. The van der Waals surface area contributed by atoms with Gasteiger partial charge in [-0.15, -0.1) is 0 Å². The molecule has 106 valence electrons. The Balaban J connectivity index is 2.05. The van der Waals surface area contributed by atoms with Crippen LogP contribution < -0.4 is 5.32 Å². The Kier molecular flexibility index (Phi) is 4.50. The maximum absolute atomic E-state index is 10.9. The topological polar surface area (TPSA) is 68.0 Å². The molecule has 0 atom stereocenters. The third kappa shape index (κ3) is 3.91. The molecule has 5 nitrogen and oxygen atoms in total. The van der Waals surface area contributed by atoms with Gasteiger partial charge in [0.2, 0.25) is 5.91 Å². The molecule has 0 saturated carbocycles. The number of hydrogen-bond donors (Lipinski definition) is 1. The van der Waals surface area contributed by atoms with Gasteiger partial charge >= 0.3 is 0 Å². The van der Waals surface area contributed by atoms with Crippen LogP contribution in [0.4, 0.5) is 0 Å². The first-order valence-corrected chi connectivity index (χ1v) is 6.71. The summed E-state index contributed by atoms with van der Waals surface area (Å²) in [7, 11) is 0. The highest BCUT2D eigenvalue weighted by molar-refractivity contribution is 5.72. The highest BCUT2D eigenvalue weighted by Crippen LogP contribution is 2.18. The van der Waals surface area contributed by atoms with Crippen LogP contribution in [0.15, 0.2) is 28.8 Å². The van der Waals surface area contributed by atoms with Crippen molar-refractivity contribution in [1.29, 1.82) is 0 Å². The van der Waals surface area contributed by atoms with Gasteiger partial charge in [0.1, 0.15) is 0 Å². The minimum atomic E-state index is -0.0377. The lowest BCUT2D eigenvalue weighted by atomic mass is 10.1. The number of carbonyl (C=O) groups is 1. The van der Waals surface area contributed by atoms with Crippen LogP contribution in [-0.2, 0) is 17.8 Å². The van der Waals surface area contributed by atoms with Crippen molar-refractivity contribution in [1.82, 2.24) is 15.5 Å². The van der Waals surface area contributed by atoms with Crippen LogP contribution in [-0.4, -0.2) is 16.0 Å². The standard InChI is InChI=1S/C15H19N3O2/c1-10(2)8-14-17-15(20-18-14)13-6-4-12(5-7-13)9-16-11(3)19/h4-7,10H,8-9H2,1-3H3,(H,16,19). The highest BCUT2D eigenvalue weighted by Gasteiger charge is 2.09. The van der Waals surface area contributed by atoms with Crippen LogP contribution >= 0.6 is 0 Å². The van der Waals surface area contributed by atoms with Crippen molar-refractivity contribution in [2.45, 2.75) is 33.7 Å². The second-order valence-electron chi connectivity index (χ2n) is 5.22. The van der Waals surface area contributed by atoms with Crippen LogP contribution in [0.5, 0.6) is 0 Å². The summed E-state index contributed by atoms with van der Waals surface area (Å²) >= 11 is 0. The van der Waals surface area contributed by atoms with Crippen molar-refractivity contribution in [3.8, 4) is 11.5 Å². The number of nitrogens with zero attached hydrogens (tertiary/aromatic N) is 2. The van der Waals surface area contributed by atoms with E-state index in [1.54, 1.807) is 0 Å². The summed E-state index contributed by atoms with van der Waals surface area (Å²) in [6, 6.07) is 7.73. The smallest absolute Gasteiger partial charge is 0.257 e. The molecule has 1 N–H and O–H groups in total. The maximum atomic E-state index is 10.9. The fraction of sp³-hybridized carbons (Fsp3) is 0.400. The Morgan fingerprint density at radius 1 is 1.30 bits per heavy atom. The normalized spacial score (nSPS) is 10.8. The van der Waals surface area contributed by atoms with Crippen molar-refractivity contribution >= 4 is 5.91 Å². The Hall–Kier alpha value is -2.17. The first kappa shape index (κ1) is 14.2. The van der Waals surface area contributed by atoms with Gasteiger partial charge in [-0.1, -0.05) is 31.1 Å². The molecule has 1 amide bonds. The van der Waals surface area contributed by atoms with E-state index in [0.717, 1.165) is 23.4 Å². The number of rotatable bonds is 5. The van der Waals surface area contributed by atoms with E-state index in [-0.39, 0.29) is 5.91 Å². The third-order valence-electron chi connectivity index (χ3n) is 2.80. The van der Waals surface area contributed by atoms with E-state index in [9.17, 15) is 4.79 Å².